The summed E-state index contributed by atoms with van der Waals surface area (Å²) in [6.45, 7) is 0. The van der Waals surface area contributed by atoms with Crippen LogP contribution in [0.3, 0.4) is 0 Å². The fourth-order valence-electron chi connectivity index (χ4n) is 6.19. The van der Waals surface area contributed by atoms with Gasteiger partial charge in [-0.2, -0.15) is 26.3 Å². The molecule has 0 aliphatic rings. The van der Waals surface area contributed by atoms with Crippen LogP contribution in [0, 0.1) is 20.2 Å². The molecule has 0 aliphatic carbocycles. The summed E-state index contributed by atoms with van der Waals surface area (Å²) in [5, 5.41) is 24.1. The van der Waals surface area contributed by atoms with Crippen LogP contribution >= 0.6 is 44.8 Å². The van der Waals surface area contributed by atoms with Crippen LogP contribution in [0.4, 0.5) is 37.7 Å². The maximum Gasteiger partial charge on any atom is 0.416 e. The highest BCUT2D eigenvalue weighted by Gasteiger charge is 2.33. The van der Waals surface area contributed by atoms with Crippen molar-refractivity contribution in [3.05, 3.63) is 197 Å². The van der Waals surface area contributed by atoms with Crippen molar-refractivity contribution < 1.29 is 45.7 Å². The Hall–Kier alpha value is -5.42. The number of hydrogen-bond donors (Lipinski definition) is 0. The number of rotatable bonds is 15. The van der Waals surface area contributed by atoms with Gasteiger partial charge in [0.2, 0.25) is 0 Å². The van der Waals surface area contributed by atoms with Gasteiger partial charge in [-0.3, -0.25) is 20.2 Å². The molecule has 0 radical (unpaired) electrons. The van der Waals surface area contributed by atoms with Crippen molar-refractivity contribution in [1.82, 2.24) is 0 Å². The summed E-state index contributed by atoms with van der Waals surface area (Å²) in [6.07, 6.45) is -9.27. The summed E-state index contributed by atoms with van der Waals surface area (Å²) >= 11 is 12.3. The summed E-state index contributed by atoms with van der Waals surface area (Å²) in [5.41, 5.74) is -0.497. The van der Waals surface area contributed by atoms with E-state index in [1.165, 1.54) is 58.0 Å². The third kappa shape index (κ3) is 10.8. The number of alkyl halides is 6. The molecule has 18 heteroatoms. The van der Waals surface area contributed by atoms with Crippen LogP contribution in [0.2, 0.25) is 10.0 Å². The molecule has 0 spiro atoms. The van der Waals surface area contributed by atoms with E-state index in [1.807, 2.05) is 0 Å². The Bertz CT molecular complexity index is 2330. The average Bonchev–Trinajstić information content (AvgIpc) is 3.20. The topological polar surface area (TPSA) is 105 Å². The molecule has 0 aliphatic heterocycles. The van der Waals surface area contributed by atoms with Gasteiger partial charge in [0.1, 0.15) is 23.0 Å². The zero-order valence-corrected chi connectivity index (χ0v) is 33.6. The normalized spacial score (nSPS) is 12.7. The van der Waals surface area contributed by atoms with Gasteiger partial charge >= 0.3 is 12.4 Å². The van der Waals surface area contributed by atoms with E-state index < -0.39 is 45.2 Å². The van der Waals surface area contributed by atoms with Gasteiger partial charge in [0.15, 0.2) is 0 Å². The van der Waals surface area contributed by atoms with Gasteiger partial charge in [0, 0.05) is 46.6 Å². The van der Waals surface area contributed by atoms with E-state index in [1.54, 1.807) is 60.7 Å². The highest BCUT2D eigenvalue weighted by Crippen LogP contribution is 2.45. The van der Waals surface area contributed by atoms with Crippen LogP contribution in [-0.2, 0) is 12.4 Å². The maximum atomic E-state index is 13.3. The minimum absolute atomic E-state index is 0.0898. The summed E-state index contributed by atoms with van der Waals surface area (Å²) in [6, 6.07) is 31.0. The van der Waals surface area contributed by atoms with Crippen LogP contribution in [0.5, 0.6) is 23.0 Å². The molecule has 0 aromatic heterocycles. The van der Waals surface area contributed by atoms with Crippen molar-refractivity contribution in [1.29, 1.82) is 0 Å². The van der Waals surface area contributed by atoms with Crippen molar-refractivity contribution >= 4 is 56.2 Å². The lowest BCUT2D eigenvalue weighted by molar-refractivity contribution is -0.385. The lowest BCUT2D eigenvalue weighted by atomic mass is 9.91. The molecule has 0 amide bonds. The molecule has 2 unspecified atom stereocenters. The highest BCUT2D eigenvalue weighted by atomic mass is 35.5. The molecule has 8 nitrogen and oxygen atoms in total. The second-order valence-corrected chi connectivity index (χ2v) is 16.3. The zero-order chi connectivity index (χ0) is 43.2. The largest absolute Gasteiger partial charge is 0.456 e. The van der Waals surface area contributed by atoms with Gasteiger partial charge in [0.05, 0.1) is 31.0 Å². The third-order valence-electron chi connectivity index (χ3n) is 9.07. The van der Waals surface area contributed by atoms with Gasteiger partial charge in [-0.25, -0.2) is 0 Å². The van der Waals surface area contributed by atoms with Gasteiger partial charge in [0.25, 0.3) is 11.4 Å². The Balaban J connectivity index is 1.29. The first-order valence-electron chi connectivity index (χ1n) is 17.5. The van der Waals surface area contributed by atoms with Crippen LogP contribution in [-0.4, -0.2) is 21.4 Å². The molecule has 0 N–H and O–H groups in total. The molecule has 0 heterocycles. The lowest BCUT2D eigenvalue weighted by Crippen LogP contribution is -2.09. The van der Waals surface area contributed by atoms with Gasteiger partial charge in [-0.1, -0.05) is 105 Å². The van der Waals surface area contributed by atoms with Crippen LogP contribution < -0.4 is 9.47 Å². The number of nitro groups is 2. The molecule has 0 bridgehead atoms. The van der Waals surface area contributed by atoms with E-state index in [2.05, 4.69) is 0 Å². The van der Waals surface area contributed by atoms with E-state index in [-0.39, 0.29) is 67.1 Å². The van der Waals surface area contributed by atoms with Gasteiger partial charge in [-0.15, -0.1) is 0 Å². The molecule has 0 saturated heterocycles. The predicted octanol–water partition coefficient (Wildman–Crippen LogP) is 14.8. The Morgan fingerprint density at radius 1 is 0.533 bits per heavy atom. The maximum absolute atomic E-state index is 13.3. The molecular weight excluding hydrogens is 877 g/mol. The van der Waals surface area contributed by atoms with Crippen LogP contribution in [0.1, 0.15) is 45.2 Å². The predicted molar refractivity (Wildman–Crippen MR) is 221 cm³/mol. The minimum atomic E-state index is -4.64. The quantitative estimate of drug-likeness (QED) is 0.0330. The van der Waals surface area contributed by atoms with E-state index in [4.69, 9.17) is 32.7 Å². The van der Waals surface area contributed by atoms with Gasteiger partial charge < -0.3 is 9.47 Å². The summed E-state index contributed by atoms with van der Waals surface area (Å²) in [4.78, 5) is 23.6. The van der Waals surface area contributed by atoms with Crippen molar-refractivity contribution in [2.75, 3.05) is 11.5 Å². The van der Waals surface area contributed by atoms with Crippen LogP contribution in [0.25, 0.3) is 0 Å². The Kier molecular flexibility index (Phi) is 13.9. The Labute approximate surface area is 356 Å². The fourth-order valence-corrected chi connectivity index (χ4v) is 9.23. The van der Waals surface area contributed by atoms with E-state index in [0.717, 1.165) is 36.4 Å². The number of nitrogens with zero attached hydrogens (tertiary/aromatic N) is 2. The number of ether oxygens (including phenoxy) is 2. The summed E-state index contributed by atoms with van der Waals surface area (Å²) < 4.78 is 91.2. The Morgan fingerprint density at radius 3 is 1.22 bits per heavy atom. The van der Waals surface area contributed by atoms with Gasteiger partial charge in [-0.05, 0) is 71.8 Å². The molecule has 0 fully saturated rings. The molecule has 310 valence electrons. The monoisotopic (exact) mass is 904 g/mol. The van der Waals surface area contributed by atoms with E-state index >= 15 is 0 Å². The van der Waals surface area contributed by atoms with E-state index in [9.17, 15) is 46.6 Å². The first kappa shape index (κ1) is 44.1. The van der Waals surface area contributed by atoms with Crippen LogP contribution in [0.15, 0.2) is 133 Å². The van der Waals surface area contributed by atoms with E-state index in [0.29, 0.717) is 11.1 Å². The van der Waals surface area contributed by atoms with Crippen molar-refractivity contribution in [2.24, 2.45) is 0 Å². The molecule has 60 heavy (non-hydrogen) atoms. The smallest absolute Gasteiger partial charge is 0.416 e. The average molecular weight is 906 g/mol. The van der Waals surface area contributed by atoms with Crippen molar-refractivity contribution in [3.8, 4) is 23.0 Å². The second kappa shape index (κ2) is 18.9. The second-order valence-electron chi connectivity index (χ2n) is 12.9. The number of benzene rings is 6. The third-order valence-corrected chi connectivity index (χ3v) is 12.1. The minimum Gasteiger partial charge on any atom is -0.456 e. The number of halogens is 8. The highest BCUT2D eigenvalue weighted by molar-refractivity contribution is 8.76. The SMILES string of the molecule is O=[N+]([O-])c1ccc(Oc2ccc(C(F)(F)F)cc2Cl)cc1C(CSSCC(c1ccccc1)c1cc(Oc2ccc(C(F)(F)F)cc2Cl)ccc1[N+](=O)[O-])c1ccccc1. The molecule has 6 rings (SSSR count). The summed E-state index contributed by atoms with van der Waals surface area (Å²) in [7, 11) is 2.69. The fraction of sp³-hybridized carbons (Fsp3) is 0.143. The molecule has 2 atom stereocenters. The lowest BCUT2D eigenvalue weighted by Gasteiger charge is -2.21. The number of nitro benzene ring substituents is 2. The summed E-state index contributed by atoms with van der Waals surface area (Å²) in [5.74, 6) is -0.750. The van der Waals surface area contributed by atoms with Crippen molar-refractivity contribution in [3.63, 3.8) is 0 Å². The Morgan fingerprint density at radius 2 is 0.900 bits per heavy atom. The first-order chi connectivity index (χ1) is 28.5. The molecule has 0 saturated carbocycles. The molecule has 6 aromatic rings. The molecular formula is C42H28Cl2F6N2O6S2. The first-order valence-corrected chi connectivity index (χ1v) is 20.7. The number of hydrogen-bond acceptors (Lipinski definition) is 8. The molecule has 6 aromatic carbocycles. The zero-order valence-electron chi connectivity index (χ0n) is 30.5. The standard InChI is InChI=1S/C42H28Cl2F6N2O6S2/c43-35-19-27(41(45,46)47)11-17-39(35)57-29-13-15-37(51(53)54)31(21-29)33(25-7-3-1-4-8-25)23-59-60-24-34(26-9-5-2-6-10-26)32-22-30(14-16-38(32)52(55)56)58-40-18-12-28(20-36(40)44)42(48,49)50/h1-22,33-34H,23-24H2. The van der Waals surface area contributed by atoms with Crippen molar-refractivity contribution in [2.45, 2.75) is 24.2 Å².